The highest BCUT2D eigenvalue weighted by Gasteiger charge is 2.60. The quantitative estimate of drug-likeness (QED) is 0.815. The first-order chi connectivity index (χ1) is 13.4. The number of fused-ring (bicyclic) bond motifs is 1. The maximum absolute atomic E-state index is 13.3. The Balaban J connectivity index is 1.77. The van der Waals surface area contributed by atoms with Crippen molar-refractivity contribution in [3.05, 3.63) is 65.2 Å². The minimum Gasteiger partial charge on any atom is -0.368 e. The molecule has 0 spiro atoms. The molecule has 7 nitrogen and oxygen atoms in total. The van der Waals surface area contributed by atoms with Crippen molar-refractivity contribution in [1.29, 1.82) is 0 Å². The summed E-state index contributed by atoms with van der Waals surface area (Å²) in [6.07, 6.45) is -0.975. The molecule has 2 aliphatic rings. The lowest BCUT2D eigenvalue weighted by molar-refractivity contribution is -0.175. The number of hydrogen-bond acceptors (Lipinski definition) is 5. The monoisotopic (exact) mass is 379 g/mol. The molecule has 0 bridgehead atoms. The molecule has 4 rings (SSSR count). The first-order valence-electron chi connectivity index (χ1n) is 9.10. The van der Waals surface area contributed by atoms with Crippen molar-refractivity contribution in [2.75, 3.05) is 11.4 Å². The Hall–Kier alpha value is -3.03. The highest BCUT2D eigenvalue weighted by atomic mass is 16.7. The third-order valence-corrected chi connectivity index (χ3v) is 5.25. The van der Waals surface area contributed by atoms with E-state index in [4.69, 9.17) is 10.6 Å². The number of carbonyl (C=O) groups excluding carboxylic acids is 3. The summed E-state index contributed by atoms with van der Waals surface area (Å²) < 4.78 is 0. The number of anilines is 1. The molecule has 2 aromatic carbocycles. The molecule has 28 heavy (non-hydrogen) atoms. The Morgan fingerprint density at radius 3 is 2.50 bits per heavy atom. The maximum atomic E-state index is 13.3. The zero-order chi connectivity index (χ0) is 20.0. The number of primary amides is 1. The third-order valence-electron chi connectivity index (χ3n) is 5.25. The SMILES string of the molecule is Cc1cccc(C2C3C(=O)N(c4ccccc4C)C(=O)C3ON2CC(N)=O)c1. The summed E-state index contributed by atoms with van der Waals surface area (Å²) in [6, 6.07) is 14.3. The molecule has 3 amide bonds. The van der Waals surface area contributed by atoms with Gasteiger partial charge < -0.3 is 5.73 Å². The van der Waals surface area contributed by atoms with Crippen LogP contribution in [-0.2, 0) is 19.2 Å². The van der Waals surface area contributed by atoms with Crippen molar-refractivity contribution < 1.29 is 19.2 Å². The topological polar surface area (TPSA) is 92.9 Å². The fraction of sp³-hybridized carbons (Fsp3) is 0.286. The van der Waals surface area contributed by atoms with E-state index in [0.29, 0.717) is 5.69 Å². The molecule has 0 saturated carbocycles. The van der Waals surface area contributed by atoms with Crippen LogP contribution in [-0.4, -0.2) is 35.4 Å². The van der Waals surface area contributed by atoms with E-state index in [1.165, 1.54) is 9.96 Å². The normalized spacial score (nSPS) is 24.6. The third kappa shape index (κ3) is 2.89. The van der Waals surface area contributed by atoms with Gasteiger partial charge in [0.25, 0.3) is 5.91 Å². The summed E-state index contributed by atoms with van der Waals surface area (Å²) in [6.45, 7) is 3.59. The predicted molar refractivity (Wildman–Crippen MR) is 102 cm³/mol. The lowest BCUT2D eigenvalue weighted by Gasteiger charge is -2.26. The standard InChI is InChI=1S/C21H21N3O4/c1-12-6-5-8-14(10-12)18-17-19(28-23(18)11-16(22)25)21(27)24(20(17)26)15-9-4-3-7-13(15)2/h3-10,17-19H,11H2,1-2H3,(H2,22,25). The molecule has 7 heteroatoms. The Bertz CT molecular complexity index is 974. The number of amides is 3. The van der Waals surface area contributed by atoms with Gasteiger partial charge in [-0.1, -0.05) is 48.0 Å². The number of imide groups is 1. The number of carbonyl (C=O) groups is 3. The van der Waals surface area contributed by atoms with E-state index in [1.54, 1.807) is 12.1 Å². The average Bonchev–Trinajstić information content (AvgIpc) is 3.11. The second-order valence-electron chi connectivity index (χ2n) is 7.25. The molecule has 3 atom stereocenters. The number of para-hydroxylation sites is 1. The Morgan fingerprint density at radius 1 is 1.07 bits per heavy atom. The highest BCUT2D eigenvalue weighted by Crippen LogP contribution is 2.45. The van der Waals surface area contributed by atoms with Gasteiger partial charge in [-0.2, -0.15) is 5.06 Å². The van der Waals surface area contributed by atoms with Crippen molar-refractivity contribution in [1.82, 2.24) is 5.06 Å². The van der Waals surface area contributed by atoms with Crippen molar-refractivity contribution in [2.45, 2.75) is 26.0 Å². The summed E-state index contributed by atoms with van der Waals surface area (Å²) in [7, 11) is 0. The van der Waals surface area contributed by atoms with E-state index in [2.05, 4.69) is 0 Å². The molecular weight excluding hydrogens is 358 g/mol. The van der Waals surface area contributed by atoms with Gasteiger partial charge in [-0.15, -0.1) is 0 Å². The number of rotatable bonds is 4. The summed E-state index contributed by atoms with van der Waals surface area (Å²) in [5, 5.41) is 1.37. The van der Waals surface area contributed by atoms with Gasteiger partial charge in [0.1, 0.15) is 6.54 Å². The molecule has 2 N–H and O–H groups in total. The van der Waals surface area contributed by atoms with Crippen LogP contribution in [0.4, 0.5) is 5.69 Å². The first kappa shape index (κ1) is 18.3. The molecule has 0 aliphatic carbocycles. The first-order valence-corrected chi connectivity index (χ1v) is 9.10. The number of hydroxylamine groups is 2. The number of nitrogens with two attached hydrogens (primary N) is 1. The van der Waals surface area contributed by atoms with E-state index in [-0.39, 0.29) is 12.5 Å². The fourth-order valence-electron chi connectivity index (χ4n) is 4.04. The molecule has 2 fully saturated rings. The van der Waals surface area contributed by atoms with Crippen LogP contribution in [0.25, 0.3) is 0 Å². The summed E-state index contributed by atoms with van der Waals surface area (Å²) in [5.74, 6) is -2.08. The Kier molecular flexibility index (Phi) is 4.49. The molecular formula is C21H21N3O4. The van der Waals surface area contributed by atoms with Gasteiger partial charge in [0.05, 0.1) is 17.6 Å². The second-order valence-corrected chi connectivity index (χ2v) is 7.25. The largest absolute Gasteiger partial charge is 0.368 e. The Labute approximate surface area is 162 Å². The molecule has 2 aliphatic heterocycles. The molecule has 0 radical (unpaired) electrons. The zero-order valence-electron chi connectivity index (χ0n) is 15.7. The van der Waals surface area contributed by atoms with Crippen LogP contribution in [0.15, 0.2) is 48.5 Å². The lowest BCUT2D eigenvalue weighted by Crippen LogP contribution is -2.40. The van der Waals surface area contributed by atoms with Crippen molar-refractivity contribution in [3.8, 4) is 0 Å². The van der Waals surface area contributed by atoms with Crippen LogP contribution in [0.2, 0.25) is 0 Å². The van der Waals surface area contributed by atoms with E-state index >= 15 is 0 Å². The molecule has 2 aromatic rings. The number of hydrogen-bond donors (Lipinski definition) is 1. The number of benzene rings is 2. The van der Waals surface area contributed by atoms with Gasteiger partial charge in [0.15, 0.2) is 6.10 Å². The maximum Gasteiger partial charge on any atom is 0.265 e. The van der Waals surface area contributed by atoms with Gasteiger partial charge in [-0.3, -0.25) is 19.2 Å². The summed E-state index contributed by atoms with van der Waals surface area (Å²) in [4.78, 5) is 44.9. The fourth-order valence-corrected chi connectivity index (χ4v) is 4.04. The molecule has 0 aromatic heterocycles. The van der Waals surface area contributed by atoms with E-state index < -0.39 is 29.9 Å². The van der Waals surface area contributed by atoms with Gasteiger partial charge in [0.2, 0.25) is 11.8 Å². The van der Waals surface area contributed by atoms with Crippen molar-refractivity contribution in [2.24, 2.45) is 11.7 Å². The summed E-state index contributed by atoms with van der Waals surface area (Å²) >= 11 is 0. The lowest BCUT2D eigenvalue weighted by atomic mass is 9.90. The van der Waals surface area contributed by atoms with Gasteiger partial charge in [0, 0.05) is 0 Å². The van der Waals surface area contributed by atoms with E-state index in [0.717, 1.165) is 16.7 Å². The van der Waals surface area contributed by atoms with Gasteiger partial charge in [-0.25, -0.2) is 4.90 Å². The number of aryl methyl sites for hydroxylation is 2. The number of nitrogens with zero attached hydrogens (tertiary/aromatic N) is 2. The van der Waals surface area contributed by atoms with Gasteiger partial charge >= 0.3 is 0 Å². The van der Waals surface area contributed by atoms with Crippen molar-refractivity contribution >= 4 is 23.4 Å². The smallest absolute Gasteiger partial charge is 0.265 e. The van der Waals surface area contributed by atoms with Crippen LogP contribution < -0.4 is 10.6 Å². The minimum atomic E-state index is -0.975. The van der Waals surface area contributed by atoms with Crippen LogP contribution in [0.5, 0.6) is 0 Å². The van der Waals surface area contributed by atoms with E-state index in [1.807, 2.05) is 50.2 Å². The molecule has 3 unspecified atom stereocenters. The Morgan fingerprint density at radius 2 is 1.82 bits per heavy atom. The van der Waals surface area contributed by atoms with Crippen LogP contribution in [0, 0.1) is 19.8 Å². The van der Waals surface area contributed by atoms with Crippen LogP contribution in [0.3, 0.4) is 0 Å². The molecule has 2 saturated heterocycles. The van der Waals surface area contributed by atoms with Crippen LogP contribution in [0.1, 0.15) is 22.7 Å². The van der Waals surface area contributed by atoms with Crippen molar-refractivity contribution in [3.63, 3.8) is 0 Å². The predicted octanol–water partition coefficient (Wildman–Crippen LogP) is 1.64. The average molecular weight is 379 g/mol. The zero-order valence-corrected chi connectivity index (χ0v) is 15.7. The molecule has 2 heterocycles. The molecule has 144 valence electrons. The highest BCUT2D eigenvalue weighted by molar-refractivity contribution is 6.24. The van der Waals surface area contributed by atoms with E-state index in [9.17, 15) is 14.4 Å². The van der Waals surface area contributed by atoms with Crippen LogP contribution >= 0.6 is 0 Å². The minimum absolute atomic E-state index is 0.198. The second kappa shape index (κ2) is 6.85. The van der Waals surface area contributed by atoms with Gasteiger partial charge in [-0.05, 0) is 31.0 Å². The summed E-state index contributed by atoms with van der Waals surface area (Å²) in [5.41, 5.74) is 8.55.